The third-order valence-corrected chi connectivity index (χ3v) is 6.90. The Morgan fingerprint density at radius 2 is 1.56 bits per heavy atom. The molecular formula is C30H38N4O2. The van der Waals surface area contributed by atoms with E-state index < -0.39 is 6.04 Å². The summed E-state index contributed by atoms with van der Waals surface area (Å²) in [6.45, 7) is 9.62. The molecule has 6 nitrogen and oxygen atoms in total. The van der Waals surface area contributed by atoms with Crippen LogP contribution in [0.25, 0.3) is 10.8 Å². The van der Waals surface area contributed by atoms with Crippen LogP contribution in [0.5, 0.6) is 0 Å². The molecule has 1 aliphatic rings. The second-order valence-corrected chi connectivity index (χ2v) is 10.3. The minimum atomic E-state index is -0.577. The summed E-state index contributed by atoms with van der Waals surface area (Å²) in [6, 6.07) is 22.0. The first kappa shape index (κ1) is 25.9. The topological polar surface area (TPSA) is 64.7 Å². The molecule has 3 aromatic carbocycles. The maximum absolute atomic E-state index is 13.0. The van der Waals surface area contributed by atoms with Crippen LogP contribution in [-0.2, 0) is 29.1 Å². The van der Waals surface area contributed by atoms with E-state index in [-0.39, 0.29) is 24.2 Å². The summed E-state index contributed by atoms with van der Waals surface area (Å²) < 4.78 is 0. The predicted molar refractivity (Wildman–Crippen MR) is 145 cm³/mol. The molecule has 1 aliphatic heterocycles. The Kier molecular flexibility index (Phi) is 8.73. The van der Waals surface area contributed by atoms with Crippen molar-refractivity contribution >= 4 is 22.6 Å². The second-order valence-electron chi connectivity index (χ2n) is 10.3. The molecule has 0 aliphatic carbocycles. The lowest BCUT2D eigenvalue weighted by Gasteiger charge is -2.32. The number of carbonyl (C=O) groups is 2. The molecule has 190 valence electrons. The highest BCUT2D eigenvalue weighted by Crippen LogP contribution is 2.16. The zero-order chi connectivity index (χ0) is 25.5. The van der Waals surface area contributed by atoms with Gasteiger partial charge in [0.2, 0.25) is 11.8 Å². The van der Waals surface area contributed by atoms with E-state index in [0.29, 0.717) is 6.54 Å². The molecule has 6 heteroatoms. The van der Waals surface area contributed by atoms with E-state index >= 15 is 0 Å². The summed E-state index contributed by atoms with van der Waals surface area (Å²) in [7, 11) is 2.16. The first-order valence-corrected chi connectivity index (χ1v) is 12.9. The fraction of sp³-hybridized carbons (Fsp3) is 0.400. The van der Waals surface area contributed by atoms with Gasteiger partial charge in [-0.3, -0.25) is 14.5 Å². The van der Waals surface area contributed by atoms with Crippen LogP contribution >= 0.6 is 0 Å². The van der Waals surface area contributed by atoms with Crippen LogP contribution in [0.4, 0.5) is 0 Å². The summed E-state index contributed by atoms with van der Waals surface area (Å²) in [4.78, 5) is 30.6. The van der Waals surface area contributed by atoms with Gasteiger partial charge in [-0.25, -0.2) is 0 Å². The maximum atomic E-state index is 13.0. The van der Waals surface area contributed by atoms with Crippen LogP contribution in [0.15, 0.2) is 66.7 Å². The van der Waals surface area contributed by atoms with Crippen LogP contribution in [0.3, 0.4) is 0 Å². The first-order valence-electron chi connectivity index (χ1n) is 12.9. The van der Waals surface area contributed by atoms with Gasteiger partial charge < -0.3 is 15.5 Å². The van der Waals surface area contributed by atoms with Crippen molar-refractivity contribution in [3.05, 3.63) is 83.4 Å². The molecule has 0 radical (unpaired) electrons. The van der Waals surface area contributed by atoms with E-state index in [1.54, 1.807) is 0 Å². The van der Waals surface area contributed by atoms with Crippen molar-refractivity contribution in [1.82, 2.24) is 20.4 Å². The Hall–Kier alpha value is -3.22. The maximum Gasteiger partial charge on any atom is 0.243 e. The van der Waals surface area contributed by atoms with Crippen molar-refractivity contribution in [2.24, 2.45) is 5.92 Å². The van der Waals surface area contributed by atoms with Crippen molar-refractivity contribution in [2.45, 2.75) is 39.4 Å². The number of nitrogens with zero attached hydrogens (tertiary/aromatic N) is 2. The zero-order valence-electron chi connectivity index (χ0n) is 21.7. The summed E-state index contributed by atoms with van der Waals surface area (Å²) >= 11 is 0. The molecule has 1 fully saturated rings. The first-order chi connectivity index (χ1) is 17.4. The lowest BCUT2D eigenvalue weighted by Crippen LogP contribution is -2.49. The molecule has 3 aromatic rings. The van der Waals surface area contributed by atoms with Gasteiger partial charge in [-0.15, -0.1) is 0 Å². The van der Waals surface area contributed by atoms with Gasteiger partial charge in [0.25, 0.3) is 0 Å². The molecule has 0 spiro atoms. The van der Waals surface area contributed by atoms with Gasteiger partial charge in [-0.1, -0.05) is 80.6 Å². The third-order valence-electron chi connectivity index (χ3n) is 6.90. The molecule has 1 atom stereocenters. The zero-order valence-corrected chi connectivity index (χ0v) is 21.7. The second kappa shape index (κ2) is 12.2. The van der Waals surface area contributed by atoms with Gasteiger partial charge in [-0.05, 0) is 40.4 Å². The van der Waals surface area contributed by atoms with Crippen molar-refractivity contribution < 1.29 is 9.59 Å². The predicted octanol–water partition coefficient (Wildman–Crippen LogP) is 3.59. The molecule has 1 unspecified atom stereocenters. The third kappa shape index (κ3) is 7.15. The highest BCUT2D eigenvalue weighted by Gasteiger charge is 2.24. The van der Waals surface area contributed by atoms with Crippen LogP contribution in [0, 0.1) is 5.92 Å². The van der Waals surface area contributed by atoms with E-state index in [9.17, 15) is 9.59 Å². The Bertz CT molecular complexity index is 1180. The van der Waals surface area contributed by atoms with Crippen LogP contribution in [0.1, 0.15) is 30.5 Å². The number of hydrogen-bond acceptors (Lipinski definition) is 4. The highest BCUT2D eigenvalue weighted by molar-refractivity contribution is 5.89. The Morgan fingerprint density at radius 1 is 0.833 bits per heavy atom. The normalized spacial score (nSPS) is 15.7. The van der Waals surface area contributed by atoms with Gasteiger partial charge >= 0.3 is 0 Å². The number of fused-ring (bicyclic) bond motifs is 1. The monoisotopic (exact) mass is 486 g/mol. The van der Waals surface area contributed by atoms with Crippen molar-refractivity contribution in [3.8, 4) is 0 Å². The van der Waals surface area contributed by atoms with E-state index in [0.717, 1.165) is 54.6 Å². The number of amides is 2. The van der Waals surface area contributed by atoms with Crippen LogP contribution < -0.4 is 10.6 Å². The van der Waals surface area contributed by atoms with Crippen molar-refractivity contribution in [2.75, 3.05) is 33.2 Å². The Balaban J connectivity index is 1.30. The molecular weight excluding hydrogens is 448 g/mol. The molecule has 0 bridgehead atoms. The number of piperazine rings is 1. The number of benzene rings is 3. The lowest BCUT2D eigenvalue weighted by atomic mass is 10.0. The Morgan fingerprint density at radius 3 is 2.31 bits per heavy atom. The fourth-order valence-corrected chi connectivity index (χ4v) is 4.69. The van der Waals surface area contributed by atoms with Crippen molar-refractivity contribution in [1.29, 1.82) is 0 Å². The standard InChI is InChI=1S/C30H38N4O2/c1-22(2)29(32-28(35)19-23-11-12-26-9-4-5-10-27(26)18-23)30(36)31-20-24-7-6-8-25(17-24)21-34-15-13-33(3)14-16-34/h4-12,17-18,22,29H,13-16,19-21H2,1-3H3,(H,31,36)(H,32,35). The smallest absolute Gasteiger partial charge is 0.243 e. The quantitative estimate of drug-likeness (QED) is 0.485. The minimum absolute atomic E-state index is 0.0193. The van der Waals surface area contributed by atoms with Crippen LogP contribution in [-0.4, -0.2) is 60.9 Å². The molecule has 0 saturated carbocycles. The fourth-order valence-electron chi connectivity index (χ4n) is 4.69. The van der Waals surface area contributed by atoms with Gasteiger partial charge in [0.1, 0.15) is 6.04 Å². The van der Waals surface area contributed by atoms with E-state index in [1.807, 2.05) is 56.3 Å². The van der Waals surface area contributed by atoms with Gasteiger partial charge in [0.05, 0.1) is 6.42 Å². The van der Waals surface area contributed by atoms with Crippen LogP contribution in [0.2, 0.25) is 0 Å². The summed E-state index contributed by atoms with van der Waals surface area (Å²) in [5, 5.41) is 8.25. The minimum Gasteiger partial charge on any atom is -0.350 e. The largest absolute Gasteiger partial charge is 0.350 e. The molecule has 1 saturated heterocycles. The number of nitrogens with one attached hydrogen (secondary N) is 2. The number of carbonyl (C=O) groups excluding carboxylic acids is 2. The summed E-state index contributed by atoms with van der Waals surface area (Å²) in [5.74, 6) is -0.316. The summed E-state index contributed by atoms with van der Waals surface area (Å²) in [5.41, 5.74) is 3.27. The van der Waals surface area contributed by atoms with E-state index in [2.05, 4.69) is 51.7 Å². The molecule has 36 heavy (non-hydrogen) atoms. The molecule has 2 amide bonds. The highest BCUT2D eigenvalue weighted by atomic mass is 16.2. The molecule has 1 heterocycles. The Labute approximate surface area is 214 Å². The van der Waals surface area contributed by atoms with Gasteiger partial charge in [-0.2, -0.15) is 0 Å². The molecule has 4 rings (SSSR count). The van der Waals surface area contributed by atoms with Gasteiger partial charge in [0.15, 0.2) is 0 Å². The van der Waals surface area contributed by atoms with Crippen molar-refractivity contribution in [3.63, 3.8) is 0 Å². The number of hydrogen-bond donors (Lipinski definition) is 2. The summed E-state index contributed by atoms with van der Waals surface area (Å²) in [6.07, 6.45) is 0.246. The van der Waals surface area contributed by atoms with E-state index in [1.165, 1.54) is 5.56 Å². The lowest BCUT2D eigenvalue weighted by molar-refractivity contribution is -0.129. The average molecular weight is 487 g/mol. The SMILES string of the molecule is CC(C)C(NC(=O)Cc1ccc2ccccc2c1)C(=O)NCc1cccc(CN2CCN(C)CC2)c1. The van der Waals surface area contributed by atoms with E-state index in [4.69, 9.17) is 0 Å². The van der Waals surface area contributed by atoms with Gasteiger partial charge in [0, 0.05) is 39.3 Å². The number of likely N-dealkylation sites (N-methyl/N-ethyl adjacent to an activating group) is 1. The molecule has 0 aromatic heterocycles. The average Bonchev–Trinajstić information content (AvgIpc) is 2.87. The number of rotatable bonds is 9. The molecule has 2 N–H and O–H groups in total.